The number of fused-ring (bicyclic) bond motifs is 1. The van der Waals surface area contributed by atoms with Gasteiger partial charge in [-0.2, -0.15) is 0 Å². The summed E-state index contributed by atoms with van der Waals surface area (Å²) >= 11 is 0. The van der Waals surface area contributed by atoms with Gasteiger partial charge < -0.3 is 19.5 Å². The molecule has 1 N–H and O–H groups in total. The van der Waals surface area contributed by atoms with Crippen molar-refractivity contribution in [3.05, 3.63) is 17.2 Å². The molecule has 0 saturated heterocycles. The van der Waals surface area contributed by atoms with Crippen LogP contribution in [0.4, 0.5) is 0 Å². The number of hydrogen-bond acceptors (Lipinski definition) is 4. The molecule has 112 valence electrons. The lowest BCUT2D eigenvalue weighted by Gasteiger charge is -2.31. The molecule has 0 spiro atoms. The van der Waals surface area contributed by atoms with E-state index < -0.39 is 0 Å². The van der Waals surface area contributed by atoms with Crippen molar-refractivity contribution in [1.82, 2.24) is 5.32 Å². The van der Waals surface area contributed by atoms with Gasteiger partial charge in [0.25, 0.3) is 0 Å². The third kappa shape index (κ3) is 2.70. The molecule has 0 saturated carbocycles. The maximum atomic E-state index is 5.64. The number of ether oxygens (including phenoxy) is 3. The van der Waals surface area contributed by atoms with Gasteiger partial charge in [-0.3, -0.25) is 0 Å². The van der Waals surface area contributed by atoms with Crippen molar-refractivity contribution >= 4 is 0 Å². The number of methoxy groups -OCH3 is 3. The Kier molecular flexibility index (Phi) is 4.76. The van der Waals surface area contributed by atoms with E-state index >= 15 is 0 Å². The van der Waals surface area contributed by atoms with Gasteiger partial charge >= 0.3 is 0 Å². The minimum Gasteiger partial charge on any atom is -0.493 e. The highest BCUT2D eigenvalue weighted by molar-refractivity contribution is 5.60. The van der Waals surface area contributed by atoms with Crippen LogP contribution < -0.4 is 19.5 Å². The van der Waals surface area contributed by atoms with Crippen LogP contribution in [0.3, 0.4) is 0 Å². The molecular weight excluding hydrogens is 254 g/mol. The normalized spacial score (nSPS) is 17.8. The third-order valence-electron chi connectivity index (χ3n) is 3.79. The minimum atomic E-state index is 0.313. The van der Waals surface area contributed by atoms with Crippen LogP contribution in [0.5, 0.6) is 17.2 Å². The van der Waals surface area contributed by atoms with Crippen LogP contribution in [0, 0.1) is 5.92 Å². The summed E-state index contributed by atoms with van der Waals surface area (Å²) in [5.41, 5.74) is 2.52. The van der Waals surface area contributed by atoms with Crippen LogP contribution in [-0.4, -0.2) is 27.9 Å². The largest absolute Gasteiger partial charge is 0.493 e. The molecule has 1 heterocycles. The van der Waals surface area contributed by atoms with E-state index in [2.05, 4.69) is 25.2 Å². The lowest BCUT2D eigenvalue weighted by molar-refractivity contribution is 0.312. The molecule has 1 aliphatic rings. The molecule has 0 bridgehead atoms. The van der Waals surface area contributed by atoms with Gasteiger partial charge in [-0.15, -0.1) is 0 Å². The highest BCUT2D eigenvalue weighted by atomic mass is 16.5. The summed E-state index contributed by atoms with van der Waals surface area (Å²) in [6, 6.07) is 2.40. The van der Waals surface area contributed by atoms with Gasteiger partial charge in [0, 0.05) is 11.6 Å². The van der Waals surface area contributed by atoms with Crippen LogP contribution in [0.15, 0.2) is 6.07 Å². The lowest BCUT2D eigenvalue weighted by Crippen LogP contribution is -2.31. The molecule has 4 heteroatoms. The Morgan fingerprint density at radius 1 is 1.15 bits per heavy atom. The average molecular weight is 279 g/mol. The molecule has 1 unspecified atom stereocenters. The van der Waals surface area contributed by atoms with Crippen molar-refractivity contribution in [2.24, 2.45) is 5.92 Å². The first-order valence-electron chi connectivity index (χ1n) is 7.17. The number of rotatable bonds is 5. The Bertz CT molecular complexity index is 471. The van der Waals surface area contributed by atoms with E-state index in [1.54, 1.807) is 21.3 Å². The van der Waals surface area contributed by atoms with Crippen molar-refractivity contribution in [2.75, 3.05) is 27.9 Å². The molecule has 4 nitrogen and oxygen atoms in total. The maximum Gasteiger partial charge on any atom is 0.203 e. The van der Waals surface area contributed by atoms with Crippen molar-refractivity contribution in [2.45, 2.75) is 32.7 Å². The maximum absolute atomic E-state index is 5.64. The van der Waals surface area contributed by atoms with E-state index in [0.29, 0.717) is 17.7 Å². The van der Waals surface area contributed by atoms with Gasteiger partial charge in [-0.25, -0.2) is 0 Å². The van der Waals surface area contributed by atoms with E-state index in [1.165, 1.54) is 11.1 Å². The summed E-state index contributed by atoms with van der Waals surface area (Å²) in [5, 5.41) is 3.59. The zero-order valence-electron chi connectivity index (χ0n) is 13.1. The second-order valence-corrected chi connectivity index (χ2v) is 5.60. The SMILES string of the molecule is COc1cc2c(c(OC)c1OC)C(CC(C)C)NCC2. The van der Waals surface area contributed by atoms with Crippen LogP contribution in [0.25, 0.3) is 0 Å². The van der Waals surface area contributed by atoms with Crippen molar-refractivity contribution < 1.29 is 14.2 Å². The fraction of sp³-hybridized carbons (Fsp3) is 0.625. The summed E-state index contributed by atoms with van der Waals surface area (Å²) < 4.78 is 16.6. The fourth-order valence-corrected chi connectivity index (χ4v) is 2.97. The van der Waals surface area contributed by atoms with E-state index in [-0.39, 0.29) is 0 Å². The monoisotopic (exact) mass is 279 g/mol. The smallest absolute Gasteiger partial charge is 0.203 e. The standard InChI is InChI=1S/C16H25NO3/c1-10(2)8-12-14-11(6-7-17-12)9-13(18-3)15(19-4)16(14)20-5/h9-10,12,17H,6-8H2,1-5H3. The Morgan fingerprint density at radius 3 is 2.40 bits per heavy atom. The number of benzene rings is 1. The van der Waals surface area contributed by atoms with E-state index in [0.717, 1.165) is 30.9 Å². The van der Waals surface area contributed by atoms with Gasteiger partial charge in [-0.05, 0) is 36.9 Å². The van der Waals surface area contributed by atoms with Gasteiger partial charge in [0.1, 0.15) is 0 Å². The summed E-state index contributed by atoms with van der Waals surface area (Å²) in [6.45, 7) is 5.47. The van der Waals surface area contributed by atoms with Crippen LogP contribution in [-0.2, 0) is 6.42 Å². The first-order valence-corrected chi connectivity index (χ1v) is 7.17. The second kappa shape index (κ2) is 6.35. The van der Waals surface area contributed by atoms with Crippen molar-refractivity contribution in [3.8, 4) is 17.2 Å². The topological polar surface area (TPSA) is 39.7 Å². The van der Waals surface area contributed by atoms with Crippen LogP contribution in [0.2, 0.25) is 0 Å². The predicted molar refractivity (Wildman–Crippen MR) is 80.0 cm³/mol. The molecule has 1 atom stereocenters. The second-order valence-electron chi connectivity index (χ2n) is 5.60. The lowest BCUT2D eigenvalue weighted by atomic mass is 9.88. The highest BCUT2D eigenvalue weighted by Gasteiger charge is 2.29. The van der Waals surface area contributed by atoms with Gasteiger partial charge in [-0.1, -0.05) is 13.8 Å². The van der Waals surface area contributed by atoms with Crippen LogP contribution >= 0.6 is 0 Å². The Morgan fingerprint density at radius 2 is 1.85 bits per heavy atom. The molecule has 20 heavy (non-hydrogen) atoms. The molecule has 0 fully saturated rings. The van der Waals surface area contributed by atoms with Gasteiger partial charge in [0.05, 0.1) is 21.3 Å². The Hall–Kier alpha value is -1.42. The third-order valence-corrected chi connectivity index (χ3v) is 3.79. The van der Waals surface area contributed by atoms with Crippen LogP contribution in [0.1, 0.15) is 37.4 Å². The zero-order valence-corrected chi connectivity index (χ0v) is 13.1. The quantitative estimate of drug-likeness (QED) is 0.899. The number of nitrogens with one attached hydrogen (secondary N) is 1. The summed E-state index contributed by atoms with van der Waals surface area (Å²) in [5.74, 6) is 2.86. The summed E-state index contributed by atoms with van der Waals surface area (Å²) in [4.78, 5) is 0. The van der Waals surface area contributed by atoms with Gasteiger partial charge in [0.15, 0.2) is 11.5 Å². The highest BCUT2D eigenvalue weighted by Crippen LogP contribution is 2.46. The first kappa shape index (κ1) is 15.0. The van der Waals surface area contributed by atoms with E-state index in [1.807, 2.05) is 0 Å². The molecule has 0 radical (unpaired) electrons. The first-order chi connectivity index (χ1) is 9.62. The molecule has 1 aromatic rings. The van der Waals surface area contributed by atoms with Gasteiger partial charge in [0.2, 0.25) is 5.75 Å². The zero-order chi connectivity index (χ0) is 14.7. The molecule has 2 rings (SSSR count). The summed E-state index contributed by atoms with van der Waals surface area (Å²) in [6.07, 6.45) is 2.07. The molecular formula is C16H25NO3. The molecule has 1 aliphatic heterocycles. The molecule has 0 aromatic heterocycles. The van der Waals surface area contributed by atoms with Crippen molar-refractivity contribution in [1.29, 1.82) is 0 Å². The Labute approximate surface area is 121 Å². The molecule has 1 aromatic carbocycles. The van der Waals surface area contributed by atoms with E-state index in [4.69, 9.17) is 14.2 Å². The average Bonchev–Trinajstić information content (AvgIpc) is 2.44. The molecule has 0 aliphatic carbocycles. The summed E-state index contributed by atoms with van der Waals surface area (Å²) in [7, 11) is 5.01. The molecule has 0 amide bonds. The Balaban J connectivity index is 2.55. The van der Waals surface area contributed by atoms with E-state index in [9.17, 15) is 0 Å². The van der Waals surface area contributed by atoms with Crippen molar-refractivity contribution in [3.63, 3.8) is 0 Å². The minimum absolute atomic E-state index is 0.313. The predicted octanol–water partition coefficient (Wildman–Crippen LogP) is 2.95. The fourth-order valence-electron chi connectivity index (χ4n) is 2.97. The number of hydrogen-bond donors (Lipinski definition) is 1.